The Kier molecular flexibility index (Phi) is 4.59. The van der Waals surface area contributed by atoms with Crippen LogP contribution in [0.1, 0.15) is 31.2 Å². The highest BCUT2D eigenvalue weighted by Gasteiger charge is 2.13. The average molecular weight is 305 g/mol. The molecule has 0 aliphatic rings. The first kappa shape index (κ1) is 15.1. The Morgan fingerprint density at radius 3 is 2.67 bits per heavy atom. The molecule has 1 amide bonds. The molecule has 6 heteroatoms. The van der Waals surface area contributed by atoms with Crippen molar-refractivity contribution < 1.29 is 19.4 Å². The molecule has 0 saturated heterocycles. The van der Waals surface area contributed by atoms with Crippen molar-refractivity contribution in [1.82, 2.24) is 5.32 Å². The average Bonchev–Trinajstić information content (AvgIpc) is 2.90. The van der Waals surface area contributed by atoms with Crippen LogP contribution in [0.15, 0.2) is 29.6 Å². The van der Waals surface area contributed by atoms with Crippen molar-refractivity contribution >= 4 is 23.2 Å². The summed E-state index contributed by atoms with van der Waals surface area (Å²) in [4.78, 5) is 23.8. The molecule has 0 fully saturated rings. The van der Waals surface area contributed by atoms with E-state index in [1.807, 2.05) is 18.4 Å². The third-order valence-electron chi connectivity index (χ3n) is 3.02. The number of rotatable bonds is 5. The van der Waals surface area contributed by atoms with Gasteiger partial charge in [0.05, 0.1) is 12.0 Å². The number of methoxy groups -OCH3 is 1. The van der Waals surface area contributed by atoms with Gasteiger partial charge < -0.3 is 15.2 Å². The number of ether oxygens (including phenoxy) is 1. The molecule has 1 aromatic carbocycles. The summed E-state index contributed by atoms with van der Waals surface area (Å²) < 4.78 is 5.00. The Bertz CT molecular complexity index is 678. The van der Waals surface area contributed by atoms with Crippen molar-refractivity contribution in [3.63, 3.8) is 0 Å². The van der Waals surface area contributed by atoms with E-state index in [-0.39, 0.29) is 18.0 Å². The number of carboxylic acids is 1. The topological polar surface area (TPSA) is 75.6 Å². The number of carbonyl (C=O) groups excluding carboxylic acids is 1. The monoisotopic (exact) mass is 305 g/mol. The molecule has 0 aliphatic heterocycles. The Labute approximate surface area is 126 Å². The van der Waals surface area contributed by atoms with Gasteiger partial charge in [0.1, 0.15) is 11.3 Å². The fraction of sp³-hybridized carbons (Fsp3) is 0.200. The molecule has 0 radical (unpaired) electrons. The predicted molar refractivity (Wildman–Crippen MR) is 80.2 cm³/mol. The SMILES string of the molecule is COc1ccc(CNC(=O)c2sccc2C)cc1C(=O)O. The number of nitrogens with one attached hydrogen (secondary N) is 1. The van der Waals surface area contributed by atoms with Gasteiger partial charge in [0.15, 0.2) is 0 Å². The van der Waals surface area contributed by atoms with E-state index in [9.17, 15) is 9.59 Å². The first-order chi connectivity index (χ1) is 10.0. The van der Waals surface area contributed by atoms with Crippen molar-refractivity contribution in [3.05, 3.63) is 51.2 Å². The van der Waals surface area contributed by atoms with E-state index in [0.717, 1.165) is 5.56 Å². The number of thiophene rings is 1. The summed E-state index contributed by atoms with van der Waals surface area (Å²) in [5.41, 5.74) is 1.71. The van der Waals surface area contributed by atoms with Crippen LogP contribution in [0.25, 0.3) is 0 Å². The lowest BCUT2D eigenvalue weighted by molar-refractivity contribution is 0.0693. The summed E-state index contributed by atoms with van der Waals surface area (Å²) >= 11 is 1.38. The molecular formula is C15H15NO4S. The van der Waals surface area contributed by atoms with E-state index in [1.165, 1.54) is 24.5 Å². The van der Waals surface area contributed by atoms with Gasteiger partial charge in [0, 0.05) is 6.54 Å². The van der Waals surface area contributed by atoms with Crippen LogP contribution in [0, 0.1) is 6.92 Å². The molecule has 1 aromatic heterocycles. The molecule has 1 heterocycles. The first-order valence-corrected chi connectivity index (χ1v) is 7.13. The number of aromatic carboxylic acids is 1. The van der Waals surface area contributed by atoms with Crippen molar-refractivity contribution in [2.45, 2.75) is 13.5 Å². The summed E-state index contributed by atoms with van der Waals surface area (Å²) in [6.45, 7) is 2.14. The van der Waals surface area contributed by atoms with E-state index in [4.69, 9.17) is 9.84 Å². The molecule has 0 spiro atoms. The smallest absolute Gasteiger partial charge is 0.339 e. The minimum absolute atomic E-state index is 0.0801. The maximum absolute atomic E-state index is 12.0. The highest BCUT2D eigenvalue weighted by molar-refractivity contribution is 7.12. The normalized spacial score (nSPS) is 10.2. The van der Waals surface area contributed by atoms with Crippen LogP contribution in [-0.4, -0.2) is 24.1 Å². The maximum atomic E-state index is 12.0. The number of aryl methyl sites for hydroxylation is 1. The summed E-state index contributed by atoms with van der Waals surface area (Å²) in [6.07, 6.45) is 0. The van der Waals surface area contributed by atoms with Gasteiger partial charge in [-0.25, -0.2) is 4.79 Å². The van der Waals surface area contributed by atoms with Crippen molar-refractivity contribution in [1.29, 1.82) is 0 Å². The second kappa shape index (κ2) is 6.41. The van der Waals surface area contributed by atoms with Crippen LogP contribution in [0.4, 0.5) is 0 Å². The standard InChI is InChI=1S/C15H15NO4S/c1-9-5-6-21-13(9)14(17)16-8-10-3-4-12(20-2)11(7-10)15(18)19/h3-7H,8H2,1-2H3,(H,16,17)(H,18,19). The van der Waals surface area contributed by atoms with E-state index in [1.54, 1.807) is 12.1 Å². The number of benzene rings is 1. The van der Waals surface area contributed by atoms with Gasteiger partial charge in [-0.2, -0.15) is 0 Å². The summed E-state index contributed by atoms with van der Waals surface area (Å²) in [5, 5.41) is 13.8. The van der Waals surface area contributed by atoms with E-state index in [2.05, 4.69) is 5.32 Å². The third kappa shape index (κ3) is 3.41. The zero-order valence-electron chi connectivity index (χ0n) is 11.7. The molecule has 0 unspecified atom stereocenters. The van der Waals surface area contributed by atoms with Crippen molar-refractivity contribution in [2.24, 2.45) is 0 Å². The summed E-state index contributed by atoms with van der Waals surface area (Å²) in [5.74, 6) is -0.920. The van der Waals surface area contributed by atoms with Crippen molar-refractivity contribution in [3.8, 4) is 5.75 Å². The van der Waals surface area contributed by atoms with E-state index >= 15 is 0 Å². The number of carbonyl (C=O) groups is 2. The maximum Gasteiger partial charge on any atom is 0.339 e. The van der Waals surface area contributed by atoms with Gasteiger partial charge in [-0.1, -0.05) is 6.07 Å². The predicted octanol–water partition coefficient (Wildman–Crippen LogP) is 2.69. The molecule has 0 atom stereocenters. The van der Waals surface area contributed by atoms with Crippen LogP contribution in [0.5, 0.6) is 5.75 Å². The van der Waals surface area contributed by atoms with E-state index < -0.39 is 5.97 Å². The molecule has 0 saturated carbocycles. The Balaban J connectivity index is 2.10. The molecule has 0 aliphatic carbocycles. The van der Waals surface area contributed by atoms with Gasteiger partial charge in [0.2, 0.25) is 0 Å². The van der Waals surface area contributed by atoms with Gasteiger partial charge in [-0.3, -0.25) is 4.79 Å². The molecular weight excluding hydrogens is 290 g/mol. The fourth-order valence-electron chi connectivity index (χ4n) is 1.90. The number of amides is 1. The van der Waals surface area contributed by atoms with Crippen LogP contribution >= 0.6 is 11.3 Å². The molecule has 110 valence electrons. The quantitative estimate of drug-likeness (QED) is 0.890. The summed E-state index contributed by atoms with van der Waals surface area (Å²) in [6, 6.07) is 6.70. The highest BCUT2D eigenvalue weighted by Crippen LogP contribution is 2.20. The largest absolute Gasteiger partial charge is 0.496 e. The van der Waals surface area contributed by atoms with Crippen LogP contribution < -0.4 is 10.1 Å². The second-order valence-electron chi connectivity index (χ2n) is 4.46. The minimum Gasteiger partial charge on any atom is -0.496 e. The lowest BCUT2D eigenvalue weighted by Crippen LogP contribution is -2.22. The van der Waals surface area contributed by atoms with Crippen LogP contribution in [-0.2, 0) is 6.54 Å². The zero-order valence-corrected chi connectivity index (χ0v) is 12.5. The first-order valence-electron chi connectivity index (χ1n) is 6.25. The Morgan fingerprint density at radius 2 is 2.10 bits per heavy atom. The molecule has 2 rings (SSSR count). The third-order valence-corrected chi connectivity index (χ3v) is 4.03. The second-order valence-corrected chi connectivity index (χ2v) is 5.37. The number of carboxylic acid groups (broad SMARTS) is 1. The lowest BCUT2D eigenvalue weighted by Gasteiger charge is -2.09. The van der Waals surface area contributed by atoms with Crippen LogP contribution in [0.3, 0.4) is 0 Å². The molecule has 0 bridgehead atoms. The molecule has 5 nitrogen and oxygen atoms in total. The fourth-order valence-corrected chi connectivity index (χ4v) is 2.74. The van der Waals surface area contributed by atoms with Gasteiger partial charge in [-0.15, -0.1) is 11.3 Å². The van der Waals surface area contributed by atoms with Gasteiger partial charge in [-0.05, 0) is 41.6 Å². The molecule has 2 aromatic rings. The van der Waals surface area contributed by atoms with Crippen molar-refractivity contribution in [2.75, 3.05) is 7.11 Å². The Morgan fingerprint density at radius 1 is 1.33 bits per heavy atom. The van der Waals surface area contributed by atoms with Gasteiger partial charge >= 0.3 is 5.97 Å². The highest BCUT2D eigenvalue weighted by atomic mass is 32.1. The lowest BCUT2D eigenvalue weighted by atomic mass is 10.1. The van der Waals surface area contributed by atoms with E-state index in [0.29, 0.717) is 16.2 Å². The number of hydrogen-bond donors (Lipinski definition) is 2. The molecule has 21 heavy (non-hydrogen) atoms. The minimum atomic E-state index is -1.06. The molecule has 2 N–H and O–H groups in total. The zero-order chi connectivity index (χ0) is 15.4. The number of hydrogen-bond acceptors (Lipinski definition) is 4. The Hall–Kier alpha value is -2.34. The summed E-state index contributed by atoms with van der Waals surface area (Å²) in [7, 11) is 1.42. The van der Waals surface area contributed by atoms with Gasteiger partial charge in [0.25, 0.3) is 5.91 Å². The van der Waals surface area contributed by atoms with Crippen LogP contribution in [0.2, 0.25) is 0 Å².